The predicted octanol–water partition coefficient (Wildman–Crippen LogP) is 2.87. The van der Waals surface area contributed by atoms with Gasteiger partial charge in [0, 0.05) is 10.9 Å². The first-order chi connectivity index (χ1) is 10.7. The molecule has 2 heterocycles. The molecule has 112 valence electrons. The third-order valence-corrected chi connectivity index (χ3v) is 3.98. The Hall–Kier alpha value is -2.44. The Morgan fingerprint density at radius 3 is 2.82 bits per heavy atom. The number of benzene rings is 1. The third kappa shape index (κ3) is 3.24. The Bertz CT molecular complexity index is 738. The number of aromatic nitrogens is 1. The molecule has 5 nitrogen and oxygen atoms in total. The molecule has 22 heavy (non-hydrogen) atoms. The number of amides is 1. The molecule has 0 aliphatic rings. The molecule has 0 bridgehead atoms. The molecule has 1 atom stereocenters. The Morgan fingerprint density at radius 2 is 2.09 bits per heavy atom. The lowest BCUT2D eigenvalue weighted by molar-refractivity contribution is 0.0897. The highest BCUT2D eigenvalue weighted by atomic mass is 32.1. The molecule has 6 heteroatoms. The number of furan rings is 1. The van der Waals surface area contributed by atoms with Gasteiger partial charge in [-0.15, -0.1) is 11.3 Å². The van der Waals surface area contributed by atoms with Crippen LogP contribution >= 0.6 is 11.3 Å². The number of nitrogens with zero attached hydrogens (tertiary/aromatic N) is 1. The zero-order valence-electron chi connectivity index (χ0n) is 11.6. The van der Waals surface area contributed by atoms with Crippen LogP contribution in [-0.4, -0.2) is 22.5 Å². The van der Waals surface area contributed by atoms with Gasteiger partial charge in [-0.25, -0.2) is 4.98 Å². The second-order valence-electron chi connectivity index (χ2n) is 4.65. The van der Waals surface area contributed by atoms with Gasteiger partial charge in [-0.2, -0.15) is 0 Å². The molecule has 0 aliphatic carbocycles. The van der Waals surface area contributed by atoms with Gasteiger partial charge in [-0.05, 0) is 12.1 Å². The molecule has 2 N–H and O–H groups in total. The van der Waals surface area contributed by atoms with Gasteiger partial charge in [0.15, 0.2) is 0 Å². The van der Waals surface area contributed by atoms with Gasteiger partial charge in [0.2, 0.25) is 0 Å². The lowest BCUT2D eigenvalue weighted by Gasteiger charge is -2.08. The van der Waals surface area contributed by atoms with Crippen molar-refractivity contribution >= 4 is 17.2 Å². The number of aliphatic hydroxyl groups is 1. The monoisotopic (exact) mass is 314 g/mol. The molecule has 0 saturated carbocycles. The highest BCUT2D eigenvalue weighted by Crippen LogP contribution is 2.23. The molecule has 0 spiro atoms. The summed E-state index contributed by atoms with van der Waals surface area (Å²) in [5, 5.41) is 15.0. The first kappa shape index (κ1) is 14.5. The van der Waals surface area contributed by atoms with E-state index in [9.17, 15) is 9.90 Å². The van der Waals surface area contributed by atoms with E-state index in [1.54, 1.807) is 17.5 Å². The van der Waals surface area contributed by atoms with Gasteiger partial charge in [0.1, 0.15) is 22.6 Å². The van der Waals surface area contributed by atoms with E-state index < -0.39 is 6.10 Å². The van der Waals surface area contributed by atoms with E-state index in [2.05, 4.69) is 10.3 Å². The molecule has 0 saturated heterocycles. The fourth-order valence-corrected chi connectivity index (χ4v) is 2.76. The number of nitrogens with one attached hydrogen (secondary N) is 1. The fourth-order valence-electron chi connectivity index (χ4n) is 1.95. The van der Waals surface area contributed by atoms with Gasteiger partial charge in [0.25, 0.3) is 5.91 Å². The van der Waals surface area contributed by atoms with Crippen molar-refractivity contribution in [3.05, 3.63) is 65.6 Å². The topological polar surface area (TPSA) is 75.4 Å². The number of carbonyl (C=O) groups excluding carboxylic acids is 1. The van der Waals surface area contributed by atoms with E-state index in [1.807, 2.05) is 30.3 Å². The van der Waals surface area contributed by atoms with Crippen LogP contribution in [0.2, 0.25) is 0 Å². The van der Waals surface area contributed by atoms with Crippen LogP contribution in [0, 0.1) is 0 Å². The van der Waals surface area contributed by atoms with Crippen molar-refractivity contribution in [2.45, 2.75) is 6.10 Å². The third-order valence-electron chi connectivity index (χ3n) is 3.09. The average Bonchev–Trinajstić information content (AvgIpc) is 3.24. The van der Waals surface area contributed by atoms with Gasteiger partial charge in [0.05, 0.1) is 12.8 Å². The highest BCUT2D eigenvalue weighted by Gasteiger charge is 2.15. The minimum Gasteiger partial charge on any atom is -0.467 e. The van der Waals surface area contributed by atoms with E-state index in [0.717, 1.165) is 10.6 Å². The first-order valence-corrected chi connectivity index (χ1v) is 7.62. The summed E-state index contributed by atoms with van der Waals surface area (Å²) in [6.07, 6.45) is 0.610. The zero-order chi connectivity index (χ0) is 15.4. The SMILES string of the molecule is O=C(NCC(O)c1ccco1)c1csc(-c2ccccc2)n1. The first-order valence-electron chi connectivity index (χ1n) is 6.74. The zero-order valence-corrected chi connectivity index (χ0v) is 12.4. The Morgan fingerprint density at radius 1 is 1.27 bits per heavy atom. The number of thiazole rings is 1. The summed E-state index contributed by atoms with van der Waals surface area (Å²) < 4.78 is 5.08. The van der Waals surface area contributed by atoms with Gasteiger partial charge in [-0.3, -0.25) is 4.79 Å². The van der Waals surface area contributed by atoms with E-state index in [1.165, 1.54) is 17.6 Å². The summed E-state index contributed by atoms with van der Waals surface area (Å²) >= 11 is 1.41. The largest absolute Gasteiger partial charge is 0.467 e. The lowest BCUT2D eigenvalue weighted by atomic mass is 10.2. The molecule has 3 aromatic rings. The maximum atomic E-state index is 12.1. The van der Waals surface area contributed by atoms with E-state index >= 15 is 0 Å². The van der Waals surface area contributed by atoms with Gasteiger partial charge < -0.3 is 14.8 Å². The van der Waals surface area contributed by atoms with Crippen molar-refractivity contribution in [2.75, 3.05) is 6.54 Å². The maximum absolute atomic E-state index is 12.1. The van der Waals surface area contributed by atoms with Crippen LogP contribution in [0.3, 0.4) is 0 Å². The van der Waals surface area contributed by atoms with Crippen LogP contribution in [0.15, 0.2) is 58.5 Å². The minimum atomic E-state index is -0.869. The molecule has 2 aromatic heterocycles. The number of hydrogen-bond acceptors (Lipinski definition) is 5. The molecule has 0 aliphatic heterocycles. The molecular weight excluding hydrogens is 300 g/mol. The van der Waals surface area contributed by atoms with Crippen molar-refractivity contribution < 1.29 is 14.3 Å². The predicted molar refractivity (Wildman–Crippen MR) is 83.6 cm³/mol. The fraction of sp³-hybridized carbons (Fsp3) is 0.125. The molecule has 3 rings (SSSR count). The molecule has 1 unspecified atom stereocenters. The van der Waals surface area contributed by atoms with Crippen LogP contribution in [0.25, 0.3) is 10.6 Å². The van der Waals surface area contributed by atoms with E-state index in [0.29, 0.717) is 11.5 Å². The second kappa shape index (κ2) is 6.55. The van der Waals surface area contributed by atoms with Crippen molar-refractivity contribution in [3.8, 4) is 10.6 Å². The summed E-state index contributed by atoms with van der Waals surface area (Å²) in [6.45, 7) is 0.0740. The van der Waals surface area contributed by atoms with E-state index in [-0.39, 0.29) is 12.5 Å². The summed E-state index contributed by atoms with van der Waals surface area (Å²) in [5.74, 6) is 0.104. The summed E-state index contributed by atoms with van der Waals surface area (Å²) in [6, 6.07) is 13.0. The average molecular weight is 314 g/mol. The van der Waals surface area contributed by atoms with Crippen molar-refractivity contribution in [1.29, 1.82) is 0 Å². The van der Waals surface area contributed by atoms with Gasteiger partial charge in [-0.1, -0.05) is 30.3 Å². The minimum absolute atomic E-state index is 0.0740. The number of hydrogen-bond donors (Lipinski definition) is 2. The van der Waals surface area contributed by atoms with Crippen LogP contribution in [0.1, 0.15) is 22.4 Å². The van der Waals surface area contributed by atoms with Crippen LogP contribution < -0.4 is 5.32 Å². The molecule has 0 fully saturated rings. The summed E-state index contributed by atoms with van der Waals surface area (Å²) in [4.78, 5) is 16.4. The number of carbonyl (C=O) groups is 1. The Kier molecular flexibility index (Phi) is 4.32. The van der Waals surface area contributed by atoms with Crippen molar-refractivity contribution in [1.82, 2.24) is 10.3 Å². The van der Waals surface area contributed by atoms with Crippen molar-refractivity contribution in [2.24, 2.45) is 0 Å². The number of rotatable bonds is 5. The standard InChI is InChI=1S/C16H14N2O3S/c19-13(14-7-4-8-21-14)9-17-15(20)12-10-22-16(18-12)11-5-2-1-3-6-11/h1-8,10,13,19H,9H2,(H,17,20). The smallest absolute Gasteiger partial charge is 0.270 e. The summed E-state index contributed by atoms with van der Waals surface area (Å²) in [5.41, 5.74) is 1.32. The number of aliphatic hydroxyl groups excluding tert-OH is 1. The molecule has 0 radical (unpaired) electrons. The van der Waals surface area contributed by atoms with E-state index in [4.69, 9.17) is 4.42 Å². The Labute approximate surface area is 131 Å². The molecule has 1 aromatic carbocycles. The lowest BCUT2D eigenvalue weighted by Crippen LogP contribution is -2.28. The Balaban J connectivity index is 1.62. The van der Waals surface area contributed by atoms with Crippen LogP contribution in [0.5, 0.6) is 0 Å². The maximum Gasteiger partial charge on any atom is 0.270 e. The van der Waals surface area contributed by atoms with Crippen LogP contribution in [0.4, 0.5) is 0 Å². The van der Waals surface area contributed by atoms with Crippen LogP contribution in [-0.2, 0) is 0 Å². The van der Waals surface area contributed by atoms with Gasteiger partial charge >= 0.3 is 0 Å². The molecular formula is C16H14N2O3S. The second-order valence-corrected chi connectivity index (χ2v) is 5.50. The molecule has 1 amide bonds. The summed E-state index contributed by atoms with van der Waals surface area (Å²) in [7, 11) is 0. The quantitative estimate of drug-likeness (QED) is 0.759. The van der Waals surface area contributed by atoms with Crippen molar-refractivity contribution in [3.63, 3.8) is 0 Å². The normalized spacial score (nSPS) is 12.0. The highest BCUT2D eigenvalue weighted by molar-refractivity contribution is 7.13.